The Morgan fingerprint density at radius 1 is 0.875 bits per heavy atom. The Morgan fingerprint density at radius 3 is 2.12 bits per heavy atom. The zero-order valence-corrected chi connectivity index (χ0v) is 18.6. The van der Waals surface area contributed by atoms with E-state index in [1.807, 2.05) is 31.2 Å². The highest BCUT2D eigenvalue weighted by atomic mass is 32.2. The number of aryl methyl sites for hydroxylation is 1. The minimum Gasteiger partial charge on any atom is -0.280 e. The molecule has 0 unspecified atom stereocenters. The van der Waals surface area contributed by atoms with E-state index in [9.17, 15) is 22.4 Å². The van der Waals surface area contributed by atoms with Gasteiger partial charge in [-0.3, -0.25) is 25.2 Å². The molecule has 0 saturated heterocycles. The molecule has 32 heavy (non-hydrogen) atoms. The van der Waals surface area contributed by atoms with Crippen molar-refractivity contribution in [1.29, 1.82) is 0 Å². The standard InChI is InChI=1S/C22H20FN3O4S2/c1-15-2-10-19(11-3-15)31-14-21(27)24-25-22(28)16-4-12-20(13-5-16)32(29,30)26-18-8-6-17(23)7-9-18/h2-13,26H,14H2,1H3,(H,24,27)(H,25,28). The first-order chi connectivity index (χ1) is 15.2. The van der Waals surface area contributed by atoms with Gasteiger partial charge in [-0.15, -0.1) is 11.8 Å². The molecule has 2 amide bonds. The Labute approximate surface area is 189 Å². The van der Waals surface area contributed by atoms with Crippen LogP contribution in [0, 0.1) is 12.7 Å². The van der Waals surface area contributed by atoms with Crippen LogP contribution in [-0.4, -0.2) is 26.0 Å². The smallest absolute Gasteiger partial charge is 0.269 e. The topological polar surface area (TPSA) is 104 Å². The molecule has 3 N–H and O–H groups in total. The second-order valence-electron chi connectivity index (χ2n) is 6.74. The van der Waals surface area contributed by atoms with Gasteiger partial charge in [0.1, 0.15) is 5.82 Å². The second-order valence-corrected chi connectivity index (χ2v) is 9.47. The fourth-order valence-electron chi connectivity index (χ4n) is 2.54. The molecule has 0 radical (unpaired) electrons. The minimum absolute atomic E-state index is 0.0723. The lowest BCUT2D eigenvalue weighted by Crippen LogP contribution is -2.42. The quantitative estimate of drug-likeness (QED) is 0.360. The van der Waals surface area contributed by atoms with Crippen LogP contribution in [0.4, 0.5) is 10.1 Å². The van der Waals surface area contributed by atoms with E-state index in [1.165, 1.54) is 48.2 Å². The average Bonchev–Trinajstić information content (AvgIpc) is 2.78. The first-order valence-corrected chi connectivity index (χ1v) is 11.9. The first-order valence-electron chi connectivity index (χ1n) is 9.40. The van der Waals surface area contributed by atoms with Crippen molar-refractivity contribution in [3.05, 3.63) is 89.7 Å². The number of rotatable bonds is 7. The van der Waals surface area contributed by atoms with Gasteiger partial charge < -0.3 is 0 Å². The second kappa shape index (κ2) is 10.3. The Hall–Kier alpha value is -3.37. The average molecular weight is 474 g/mol. The highest BCUT2D eigenvalue weighted by Gasteiger charge is 2.15. The number of sulfonamides is 1. The summed E-state index contributed by atoms with van der Waals surface area (Å²) in [7, 11) is -3.91. The van der Waals surface area contributed by atoms with Gasteiger partial charge in [-0.2, -0.15) is 0 Å². The molecule has 10 heteroatoms. The maximum absolute atomic E-state index is 13.0. The van der Waals surface area contributed by atoms with E-state index in [2.05, 4.69) is 15.6 Å². The molecule has 0 aliphatic rings. The van der Waals surface area contributed by atoms with Crippen LogP contribution in [0.5, 0.6) is 0 Å². The lowest BCUT2D eigenvalue weighted by Gasteiger charge is -2.10. The van der Waals surface area contributed by atoms with Crippen molar-refractivity contribution in [3.8, 4) is 0 Å². The Bertz CT molecular complexity index is 1200. The largest absolute Gasteiger partial charge is 0.280 e. The van der Waals surface area contributed by atoms with E-state index in [0.29, 0.717) is 0 Å². The normalized spacial score (nSPS) is 10.9. The van der Waals surface area contributed by atoms with E-state index >= 15 is 0 Å². The third kappa shape index (κ3) is 6.56. The lowest BCUT2D eigenvalue weighted by atomic mass is 10.2. The summed E-state index contributed by atoms with van der Waals surface area (Å²) in [6.45, 7) is 1.97. The maximum Gasteiger partial charge on any atom is 0.269 e. The van der Waals surface area contributed by atoms with Crippen molar-refractivity contribution in [3.63, 3.8) is 0 Å². The number of amides is 2. The zero-order valence-electron chi connectivity index (χ0n) is 17.0. The number of nitrogens with one attached hydrogen (secondary N) is 3. The van der Waals surface area contributed by atoms with Crippen LogP contribution in [0.15, 0.2) is 82.6 Å². The van der Waals surface area contributed by atoms with Gasteiger partial charge in [-0.1, -0.05) is 17.7 Å². The highest BCUT2D eigenvalue weighted by molar-refractivity contribution is 8.00. The molecule has 0 aromatic heterocycles. The molecule has 0 saturated carbocycles. The molecule has 166 valence electrons. The number of benzene rings is 3. The van der Waals surface area contributed by atoms with Crippen LogP contribution in [0.25, 0.3) is 0 Å². The van der Waals surface area contributed by atoms with Crippen LogP contribution in [0.2, 0.25) is 0 Å². The minimum atomic E-state index is -3.91. The molecule has 0 atom stereocenters. The van der Waals surface area contributed by atoms with Gasteiger partial charge >= 0.3 is 0 Å². The summed E-state index contributed by atoms with van der Waals surface area (Å²) in [6.07, 6.45) is 0. The fourth-order valence-corrected chi connectivity index (χ4v) is 4.29. The molecule has 0 fully saturated rings. The van der Waals surface area contributed by atoms with Crippen LogP contribution in [0.1, 0.15) is 15.9 Å². The molecule has 3 aromatic rings. The molecule has 3 aromatic carbocycles. The van der Waals surface area contributed by atoms with Gasteiger partial charge in [0.2, 0.25) is 5.91 Å². The number of carbonyl (C=O) groups is 2. The third-order valence-corrected chi connectivity index (χ3v) is 6.64. The molecule has 0 aliphatic heterocycles. The van der Waals surface area contributed by atoms with Crippen LogP contribution < -0.4 is 15.6 Å². The van der Waals surface area contributed by atoms with Gasteiger partial charge in [0.05, 0.1) is 10.6 Å². The molecule has 0 heterocycles. The zero-order chi connectivity index (χ0) is 23.1. The van der Waals surface area contributed by atoms with Crippen molar-refractivity contribution >= 4 is 39.3 Å². The SMILES string of the molecule is Cc1ccc(SCC(=O)NNC(=O)c2ccc(S(=O)(=O)Nc3ccc(F)cc3)cc2)cc1. The number of hydrogen-bond acceptors (Lipinski definition) is 5. The number of hydrazine groups is 1. The van der Waals surface area contributed by atoms with Gasteiger partial charge in [0.25, 0.3) is 15.9 Å². The molecule has 0 bridgehead atoms. The number of carbonyl (C=O) groups excluding carboxylic acids is 2. The van der Waals surface area contributed by atoms with E-state index in [1.54, 1.807) is 0 Å². The van der Waals surface area contributed by atoms with Crippen LogP contribution >= 0.6 is 11.8 Å². The van der Waals surface area contributed by atoms with Crippen LogP contribution in [0.3, 0.4) is 0 Å². The number of thioether (sulfide) groups is 1. The highest BCUT2D eigenvalue weighted by Crippen LogP contribution is 2.18. The molecule has 0 spiro atoms. The summed E-state index contributed by atoms with van der Waals surface area (Å²) in [6, 6.07) is 17.7. The van der Waals surface area contributed by atoms with E-state index < -0.39 is 21.7 Å². The fraction of sp³-hybridized carbons (Fsp3) is 0.0909. The van der Waals surface area contributed by atoms with Gasteiger partial charge in [0, 0.05) is 16.1 Å². The van der Waals surface area contributed by atoms with E-state index in [-0.39, 0.29) is 27.8 Å². The predicted molar refractivity (Wildman–Crippen MR) is 121 cm³/mol. The van der Waals surface area contributed by atoms with Gasteiger partial charge in [-0.25, -0.2) is 12.8 Å². The van der Waals surface area contributed by atoms with E-state index in [0.717, 1.165) is 22.6 Å². The first kappa shape index (κ1) is 23.3. The third-order valence-electron chi connectivity index (χ3n) is 4.23. The van der Waals surface area contributed by atoms with E-state index in [4.69, 9.17) is 0 Å². The number of anilines is 1. The molecular formula is C22H20FN3O4S2. The maximum atomic E-state index is 13.0. The van der Waals surface area contributed by atoms with Crippen LogP contribution in [-0.2, 0) is 14.8 Å². The summed E-state index contributed by atoms with van der Waals surface area (Å²) < 4.78 is 40.1. The Balaban J connectivity index is 1.52. The molecular weight excluding hydrogens is 453 g/mol. The van der Waals surface area contributed by atoms with Crippen molar-refractivity contribution in [2.75, 3.05) is 10.5 Å². The summed E-state index contributed by atoms with van der Waals surface area (Å²) >= 11 is 1.33. The summed E-state index contributed by atoms with van der Waals surface area (Å²) in [4.78, 5) is 25.0. The number of halogens is 1. The van der Waals surface area contributed by atoms with Crippen molar-refractivity contribution in [2.45, 2.75) is 16.7 Å². The molecule has 7 nitrogen and oxygen atoms in total. The summed E-state index contributed by atoms with van der Waals surface area (Å²) in [5.74, 6) is -1.33. The van der Waals surface area contributed by atoms with Crippen molar-refractivity contribution in [1.82, 2.24) is 10.9 Å². The van der Waals surface area contributed by atoms with Gasteiger partial charge in [0.15, 0.2) is 0 Å². The monoisotopic (exact) mass is 473 g/mol. The van der Waals surface area contributed by atoms with Crippen molar-refractivity contribution < 1.29 is 22.4 Å². The Kier molecular flexibility index (Phi) is 7.49. The number of hydrogen-bond donors (Lipinski definition) is 3. The lowest BCUT2D eigenvalue weighted by molar-refractivity contribution is -0.119. The summed E-state index contributed by atoms with van der Waals surface area (Å²) in [5, 5.41) is 0. The molecule has 0 aliphatic carbocycles. The summed E-state index contributed by atoms with van der Waals surface area (Å²) in [5.41, 5.74) is 6.11. The predicted octanol–water partition coefficient (Wildman–Crippen LogP) is 3.49. The Morgan fingerprint density at radius 2 is 1.50 bits per heavy atom. The van der Waals surface area contributed by atoms with Gasteiger partial charge in [-0.05, 0) is 67.6 Å². The molecule has 3 rings (SSSR count). The van der Waals surface area contributed by atoms with Crippen molar-refractivity contribution in [2.24, 2.45) is 0 Å².